The van der Waals surface area contributed by atoms with Crippen LogP contribution in [0.5, 0.6) is 0 Å². The molecule has 1 heterocycles. The molecule has 4 nitrogen and oxygen atoms in total. The number of rotatable bonds is 4. The average molecular weight is 256 g/mol. The molecular weight excluding hydrogens is 240 g/mol. The van der Waals surface area contributed by atoms with E-state index in [4.69, 9.17) is 5.11 Å². The number of aliphatic carboxylic acids is 1. The third-order valence-corrected chi connectivity index (χ3v) is 3.00. The zero-order valence-corrected chi connectivity index (χ0v) is 10.7. The van der Waals surface area contributed by atoms with Crippen LogP contribution in [0.3, 0.4) is 0 Å². The van der Waals surface area contributed by atoms with E-state index in [2.05, 4.69) is 10.3 Å². The molecule has 1 atom stereocenters. The van der Waals surface area contributed by atoms with Crippen LogP contribution in [0.4, 0.5) is 0 Å². The Morgan fingerprint density at radius 1 is 1.37 bits per heavy atom. The number of carboxylic acid groups (broad SMARTS) is 1. The Bertz CT molecular complexity index is 547. The molecular formula is C15H16N2O2. The van der Waals surface area contributed by atoms with Crippen molar-refractivity contribution in [2.24, 2.45) is 0 Å². The second-order valence-electron chi connectivity index (χ2n) is 4.61. The fourth-order valence-electron chi connectivity index (χ4n) is 1.78. The van der Waals surface area contributed by atoms with Gasteiger partial charge in [-0.05, 0) is 36.8 Å². The van der Waals surface area contributed by atoms with Crippen LogP contribution in [0, 0.1) is 0 Å². The highest BCUT2D eigenvalue weighted by atomic mass is 16.4. The molecule has 0 aliphatic heterocycles. The molecule has 1 aliphatic rings. The fourth-order valence-corrected chi connectivity index (χ4v) is 1.78. The molecule has 0 aromatic carbocycles. The minimum atomic E-state index is -0.917. The van der Waals surface area contributed by atoms with Gasteiger partial charge in [0.1, 0.15) is 0 Å². The van der Waals surface area contributed by atoms with Crippen molar-refractivity contribution in [2.75, 3.05) is 0 Å². The van der Waals surface area contributed by atoms with Gasteiger partial charge in [0.25, 0.3) is 0 Å². The van der Waals surface area contributed by atoms with Crippen LogP contribution in [0.1, 0.15) is 12.5 Å². The Labute approximate surface area is 112 Å². The van der Waals surface area contributed by atoms with Crippen LogP contribution in [0.2, 0.25) is 0 Å². The number of hydrogen-bond acceptors (Lipinski definition) is 3. The molecule has 1 unspecified atom stereocenters. The normalized spacial score (nSPS) is 21.8. The smallest absolute Gasteiger partial charge is 0.335 e. The van der Waals surface area contributed by atoms with Gasteiger partial charge in [0, 0.05) is 18.9 Å². The molecule has 2 N–H and O–H groups in total. The van der Waals surface area contributed by atoms with Crippen molar-refractivity contribution < 1.29 is 9.90 Å². The fraction of sp³-hybridized carbons (Fsp3) is 0.200. The van der Waals surface area contributed by atoms with Gasteiger partial charge in [-0.15, -0.1) is 0 Å². The van der Waals surface area contributed by atoms with Gasteiger partial charge >= 0.3 is 5.97 Å². The van der Waals surface area contributed by atoms with Crippen molar-refractivity contribution in [2.45, 2.75) is 19.0 Å². The predicted octanol–water partition coefficient (Wildman–Crippen LogP) is 2.07. The first-order valence-corrected chi connectivity index (χ1v) is 6.05. The summed E-state index contributed by atoms with van der Waals surface area (Å²) in [6, 6.07) is 3.89. The van der Waals surface area contributed by atoms with Gasteiger partial charge in [-0.1, -0.05) is 18.2 Å². The van der Waals surface area contributed by atoms with Crippen LogP contribution in [-0.2, 0) is 11.3 Å². The highest BCUT2D eigenvalue weighted by Crippen LogP contribution is 2.15. The lowest BCUT2D eigenvalue weighted by Crippen LogP contribution is -2.37. The van der Waals surface area contributed by atoms with E-state index >= 15 is 0 Å². The monoisotopic (exact) mass is 256 g/mol. The minimum Gasteiger partial charge on any atom is -0.478 e. The van der Waals surface area contributed by atoms with E-state index in [1.54, 1.807) is 30.6 Å². The zero-order valence-electron chi connectivity index (χ0n) is 10.7. The number of aromatic nitrogens is 1. The minimum absolute atomic E-state index is 0.283. The van der Waals surface area contributed by atoms with Gasteiger partial charge < -0.3 is 10.4 Å². The lowest BCUT2D eigenvalue weighted by atomic mass is 10.0. The quantitative estimate of drug-likeness (QED) is 0.865. The highest BCUT2D eigenvalue weighted by Gasteiger charge is 2.18. The molecule has 0 amide bonds. The van der Waals surface area contributed by atoms with E-state index < -0.39 is 5.97 Å². The van der Waals surface area contributed by atoms with E-state index in [0.29, 0.717) is 6.54 Å². The van der Waals surface area contributed by atoms with Crippen molar-refractivity contribution in [1.29, 1.82) is 0 Å². The Morgan fingerprint density at radius 2 is 2.11 bits per heavy atom. The number of allylic oxidation sites excluding steroid dienone is 2. The second kappa shape index (κ2) is 5.63. The van der Waals surface area contributed by atoms with Gasteiger partial charge in [-0.2, -0.15) is 0 Å². The van der Waals surface area contributed by atoms with Crippen LogP contribution < -0.4 is 5.32 Å². The van der Waals surface area contributed by atoms with Crippen molar-refractivity contribution in [3.8, 4) is 0 Å². The molecule has 98 valence electrons. The SMILES string of the molecule is CC1(NCc2ccncc2)C=CC=C(C(=O)O)C=C1. The molecule has 2 rings (SSSR count). The van der Waals surface area contributed by atoms with E-state index in [9.17, 15) is 4.79 Å². The predicted molar refractivity (Wildman–Crippen MR) is 73.5 cm³/mol. The number of carbonyl (C=O) groups is 1. The molecule has 0 fully saturated rings. The lowest BCUT2D eigenvalue weighted by Gasteiger charge is -2.23. The molecule has 1 aromatic rings. The molecule has 0 bridgehead atoms. The maximum Gasteiger partial charge on any atom is 0.335 e. The van der Waals surface area contributed by atoms with Crippen LogP contribution in [-0.4, -0.2) is 21.6 Å². The largest absolute Gasteiger partial charge is 0.478 e. The van der Waals surface area contributed by atoms with Crippen molar-refractivity contribution in [3.05, 3.63) is 66.0 Å². The summed E-state index contributed by atoms with van der Waals surface area (Å²) in [6.07, 6.45) is 12.3. The maximum absolute atomic E-state index is 10.9. The van der Waals surface area contributed by atoms with Gasteiger partial charge in [-0.3, -0.25) is 4.98 Å². The van der Waals surface area contributed by atoms with E-state index in [-0.39, 0.29) is 11.1 Å². The number of nitrogens with one attached hydrogen (secondary N) is 1. The molecule has 1 aromatic heterocycles. The zero-order chi connectivity index (χ0) is 13.7. The summed E-state index contributed by atoms with van der Waals surface area (Å²) in [6.45, 7) is 2.69. The third kappa shape index (κ3) is 3.63. The van der Waals surface area contributed by atoms with E-state index in [1.807, 2.05) is 31.2 Å². The lowest BCUT2D eigenvalue weighted by molar-refractivity contribution is -0.132. The first-order valence-electron chi connectivity index (χ1n) is 6.05. The summed E-state index contributed by atoms with van der Waals surface area (Å²) in [5.41, 5.74) is 1.05. The van der Waals surface area contributed by atoms with Gasteiger partial charge in [-0.25, -0.2) is 4.79 Å². The van der Waals surface area contributed by atoms with Crippen molar-refractivity contribution in [1.82, 2.24) is 10.3 Å². The van der Waals surface area contributed by atoms with Crippen LogP contribution in [0.25, 0.3) is 0 Å². The van der Waals surface area contributed by atoms with E-state index in [1.165, 1.54) is 0 Å². The third-order valence-electron chi connectivity index (χ3n) is 3.00. The summed E-state index contributed by atoms with van der Waals surface area (Å²) in [4.78, 5) is 14.9. The van der Waals surface area contributed by atoms with Crippen LogP contribution in [0.15, 0.2) is 60.5 Å². The molecule has 1 aliphatic carbocycles. The van der Waals surface area contributed by atoms with Gasteiger partial charge in [0.05, 0.1) is 11.1 Å². The van der Waals surface area contributed by atoms with Gasteiger partial charge in [0.15, 0.2) is 0 Å². The topological polar surface area (TPSA) is 62.2 Å². The number of carboxylic acids is 1. The molecule has 19 heavy (non-hydrogen) atoms. The summed E-state index contributed by atoms with van der Waals surface area (Å²) in [7, 11) is 0. The summed E-state index contributed by atoms with van der Waals surface area (Å²) < 4.78 is 0. The highest BCUT2D eigenvalue weighted by molar-refractivity contribution is 5.90. The van der Waals surface area contributed by atoms with Gasteiger partial charge in [0.2, 0.25) is 0 Å². The molecule has 0 radical (unpaired) electrons. The Hall–Kier alpha value is -2.20. The second-order valence-corrected chi connectivity index (χ2v) is 4.61. The number of nitrogens with zero attached hydrogens (tertiary/aromatic N) is 1. The van der Waals surface area contributed by atoms with Crippen molar-refractivity contribution in [3.63, 3.8) is 0 Å². The molecule has 0 saturated heterocycles. The average Bonchev–Trinajstić information content (AvgIpc) is 2.61. The number of pyridine rings is 1. The van der Waals surface area contributed by atoms with Crippen molar-refractivity contribution >= 4 is 5.97 Å². The first-order chi connectivity index (χ1) is 9.09. The summed E-state index contributed by atoms with van der Waals surface area (Å²) in [5, 5.41) is 12.3. The maximum atomic E-state index is 10.9. The Kier molecular flexibility index (Phi) is 3.92. The summed E-state index contributed by atoms with van der Waals surface area (Å²) >= 11 is 0. The summed E-state index contributed by atoms with van der Waals surface area (Å²) in [5.74, 6) is -0.917. The Balaban J connectivity index is 2.05. The first kappa shape index (κ1) is 13.2. The van der Waals surface area contributed by atoms with E-state index in [0.717, 1.165) is 5.56 Å². The molecule has 0 saturated carbocycles. The molecule has 0 spiro atoms. The van der Waals surface area contributed by atoms with Crippen LogP contribution >= 0.6 is 0 Å². The standard InChI is InChI=1S/C15H16N2O2/c1-15(17-11-12-5-9-16-10-6-12)7-2-3-13(4-8-15)14(18)19/h2-10,17H,11H2,1H3,(H,18,19). The number of hydrogen-bond donors (Lipinski definition) is 2. The molecule has 4 heteroatoms. The Morgan fingerprint density at radius 3 is 2.79 bits per heavy atom.